The lowest BCUT2D eigenvalue weighted by molar-refractivity contribution is -0.121. The van der Waals surface area contributed by atoms with Gasteiger partial charge in [0.15, 0.2) is 0 Å². The molecule has 2 N–H and O–H groups in total. The van der Waals surface area contributed by atoms with Gasteiger partial charge in [-0.15, -0.1) is 0 Å². The summed E-state index contributed by atoms with van der Waals surface area (Å²) in [6, 6.07) is 12.1. The molecule has 0 saturated carbocycles. The summed E-state index contributed by atoms with van der Waals surface area (Å²) in [7, 11) is 0. The summed E-state index contributed by atoms with van der Waals surface area (Å²) in [4.78, 5) is 12.2. The Kier molecular flexibility index (Phi) is 6.23. The maximum Gasteiger partial charge on any atom is 0.225 e. The number of rotatable bonds is 7. The molecule has 1 unspecified atom stereocenters. The van der Waals surface area contributed by atoms with E-state index in [2.05, 4.69) is 5.32 Å². The molecule has 1 amide bonds. The minimum atomic E-state index is -0.604. The Morgan fingerprint density at radius 2 is 1.87 bits per heavy atom. The predicted molar refractivity (Wildman–Crippen MR) is 83.7 cm³/mol. The summed E-state index contributed by atoms with van der Waals surface area (Å²) in [6.07, 6.45) is 0.873. The summed E-state index contributed by atoms with van der Waals surface area (Å²) in [5.74, 6) is -1.57. The number of amides is 1. The first-order valence-corrected chi connectivity index (χ1v) is 7.49. The molecular weight excluding hydrogens is 300 g/mol. The van der Waals surface area contributed by atoms with Crippen molar-refractivity contribution in [2.24, 2.45) is 0 Å². The second kappa shape index (κ2) is 8.39. The zero-order chi connectivity index (χ0) is 16.7. The highest BCUT2D eigenvalue weighted by atomic mass is 19.1. The molecule has 2 aromatic carbocycles. The number of carbonyl (C=O) groups excluding carboxylic acids is 1. The average molecular weight is 319 g/mol. The van der Waals surface area contributed by atoms with Crippen LogP contribution in [0, 0.1) is 11.6 Å². The van der Waals surface area contributed by atoms with Gasteiger partial charge in [-0.2, -0.15) is 0 Å². The van der Waals surface area contributed by atoms with Crippen molar-refractivity contribution < 1.29 is 18.7 Å². The van der Waals surface area contributed by atoms with E-state index in [1.807, 2.05) is 30.3 Å². The van der Waals surface area contributed by atoms with Crippen LogP contribution < -0.4 is 5.32 Å². The molecule has 122 valence electrons. The quantitative estimate of drug-likeness (QED) is 0.824. The fraction of sp³-hybridized carbons (Fsp3) is 0.278. The fourth-order valence-electron chi connectivity index (χ4n) is 2.40. The molecular formula is C18H19F2NO2. The van der Waals surface area contributed by atoms with Crippen LogP contribution in [0.15, 0.2) is 48.5 Å². The Bertz CT molecular complexity index is 647. The van der Waals surface area contributed by atoms with Crippen molar-refractivity contribution in [3.8, 4) is 0 Å². The van der Waals surface area contributed by atoms with E-state index in [9.17, 15) is 13.6 Å². The summed E-state index contributed by atoms with van der Waals surface area (Å²) in [5, 5.41) is 11.8. The van der Waals surface area contributed by atoms with E-state index in [0.717, 1.165) is 23.8 Å². The Balaban J connectivity index is 2.06. The molecule has 0 bridgehead atoms. The van der Waals surface area contributed by atoms with Crippen LogP contribution in [-0.2, 0) is 11.2 Å². The number of aliphatic hydroxyl groups is 1. The van der Waals surface area contributed by atoms with Gasteiger partial charge >= 0.3 is 0 Å². The normalized spacial score (nSPS) is 12.0. The van der Waals surface area contributed by atoms with E-state index in [-0.39, 0.29) is 30.5 Å². The first kappa shape index (κ1) is 17.1. The van der Waals surface area contributed by atoms with E-state index in [0.29, 0.717) is 12.8 Å². The predicted octanol–water partition coefficient (Wildman–Crippen LogP) is 3.14. The van der Waals surface area contributed by atoms with Gasteiger partial charge in [0.2, 0.25) is 5.91 Å². The van der Waals surface area contributed by atoms with Gasteiger partial charge in [0.25, 0.3) is 0 Å². The van der Waals surface area contributed by atoms with Gasteiger partial charge in [-0.3, -0.25) is 4.79 Å². The molecule has 0 aliphatic rings. The zero-order valence-corrected chi connectivity index (χ0v) is 12.6. The van der Waals surface area contributed by atoms with Crippen molar-refractivity contribution in [1.29, 1.82) is 0 Å². The van der Waals surface area contributed by atoms with Crippen LogP contribution in [0.25, 0.3) is 0 Å². The topological polar surface area (TPSA) is 49.3 Å². The van der Waals surface area contributed by atoms with Crippen LogP contribution >= 0.6 is 0 Å². The third-order valence-corrected chi connectivity index (χ3v) is 3.55. The van der Waals surface area contributed by atoms with Crippen LogP contribution in [0.4, 0.5) is 8.78 Å². The van der Waals surface area contributed by atoms with Crippen LogP contribution in [0.5, 0.6) is 0 Å². The number of hydrogen-bond acceptors (Lipinski definition) is 2. The lowest BCUT2D eigenvalue weighted by atomic mass is 10.0. The average Bonchev–Trinajstić information content (AvgIpc) is 2.55. The van der Waals surface area contributed by atoms with Crippen molar-refractivity contribution in [1.82, 2.24) is 5.32 Å². The maximum atomic E-state index is 13.6. The van der Waals surface area contributed by atoms with Crippen LogP contribution in [0.2, 0.25) is 0 Å². The van der Waals surface area contributed by atoms with Crippen molar-refractivity contribution in [2.45, 2.75) is 25.3 Å². The molecule has 0 radical (unpaired) electrons. The molecule has 0 spiro atoms. The number of nitrogens with one attached hydrogen (secondary N) is 1. The zero-order valence-electron chi connectivity index (χ0n) is 12.6. The highest BCUT2D eigenvalue weighted by Crippen LogP contribution is 2.19. The highest BCUT2D eigenvalue weighted by Gasteiger charge is 2.16. The van der Waals surface area contributed by atoms with Crippen molar-refractivity contribution in [3.05, 3.63) is 71.3 Å². The van der Waals surface area contributed by atoms with E-state index in [1.54, 1.807) is 0 Å². The summed E-state index contributed by atoms with van der Waals surface area (Å²) >= 11 is 0. The molecule has 23 heavy (non-hydrogen) atoms. The molecule has 0 heterocycles. The molecule has 5 heteroatoms. The first-order valence-electron chi connectivity index (χ1n) is 7.49. The number of aliphatic hydroxyl groups excluding tert-OH is 1. The van der Waals surface area contributed by atoms with Crippen molar-refractivity contribution in [2.75, 3.05) is 6.61 Å². The number of hydrogen-bond donors (Lipinski definition) is 2. The van der Waals surface area contributed by atoms with Gasteiger partial charge in [0.05, 0.1) is 12.5 Å². The van der Waals surface area contributed by atoms with Crippen molar-refractivity contribution in [3.63, 3.8) is 0 Å². The fourth-order valence-corrected chi connectivity index (χ4v) is 2.40. The third-order valence-electron chi connectivity index (χ3n) is 3.55. The van der Waals surface area contributed by atoms with Gasteiger partial charge < -0.3 is 10.4 Å². The Labute approximate surface area is 134 Å². The molecule has 2 rings (SSSR count). The van der Waals surface area contributed by atoms with Crippen LogP contribution in [-0.4, -0.2) is 17.6 Å². The lowest BCUT2D eigenvalue weighted by Crippen LogP contribution is -2.30. The largest absolute Gasteiger partial charge is 0.396 e. The summed E-state index contributed by atoms with van der Waals surface area (Å²) in [5.41, 5.74) is 0.936. The molecule has 1 atom stereocenters. The highest BCUT2D eigenvalue weighted by molar-refractivity contribution is 5.79. The molecule has 3 nitrogen and oxygen atoms in total. The molecule has 0 saturated heterocycles. The molecule has 0 fully saturated rings. The SMILES string of the molecule is O=C(Cc1cc(F)ccc1F)NC(CCCO)c1ccccc1. The van der Waals surface area contributed by atoms with E-state index in [4.69, 9.17) is 5.11 Å². The Hall–Kier alpha value is -2.27. The van der Waals surface area contributed by atoms with Gasteiger partial charge in [-0.25, -0.2) is 8.78 Å². The second-order valence-corrected chi connectivity index (χ2v) is 5.31. The smallest absolute Gasteiger partial charge is 0.225 e. The lowest BCUT2D eigenvalue weighted by Gasteiger charge is -2.19. The molecule has 2 aromatic rings. The summed E-state index contributed by atoms with van der Waals surface area (Å²) in [6.45, 7) is 0.0255. The van der Waals surface area contributed by atoms with Gasteiger partial charge in [0, 0.05) is 12.2 Å². The minimum Gasteiger partial charge on any atom is -0.396 e. The number of carbonyl (C=O) groups is 1. The standard InChI is InChI=1S/C18H19F2NO2/c19-15-8-9-16(20)14(11-15)12-18(23)21-17(7-4-10-22)13-5-2-1-3-6-13/h1-3,5-6,8-9,11,17,22H,4,7,10,12H2,(H,21,23). The van der Waals surface area contributed by atoms with E-state index in [1.165, 1.54) is 0 Å². The van der Waals surface area contributed by atoms with Crippen LogP contribution in [0.3, 0.4) is 0 Å². The first-order chi connectivity index (χ1) is 11.1. The second-order valence-electron chi connectivity index (χ2n) is 5.31. The van der Waals surface area contributed by atoms with Crippen LogP contribution in [0.1, 0.15) is 30.0 Å². The Morgan fingerprint density at radius 1 is 1.13 bits per heavy atom. The Morgan fingerprint density at radius 3 is 2.57 bits per heavy atom. The molecule has 0 aromatic heterocycles. The maximum absolute atomic E-state index is 13.6. The number of benzene rings is 2. The van der Waals surface area contributed by atoms with Crippen molar-refractivity contribution >= 4 is 5.91 Å². The minimum absolute atomic E-state index is 0.0245. The van der Waals surface area contributed by atoms with Gasteiger partial charge in [-0.05, 0) is 36.6 Å². The van der Waals surface area contributed by atoms with E-state index >= 15 is 0 Å². The molecule has 0 aliphatic heterocycles. The van der Waals surface area contributed by atoms with Gasteiger partial charge in [0.1, 0.15) is 11.6 Å². The van der Waals surface area contributed by atoms with Gasteiger partial charge in [-0.1, -0.05) is 30.3 Å². The molecule has 0 aliphatic carbocycles. The number of halogens is 2. The third kappa shape index (κ3) is 5.14. The summed E-state index contributed by atoms with van der Waals surface area (Å²) < 4.78 is 26.8. The monoisotopic (exact) mass is 319 g/mol. The van der Waals surface area contributed by atoms with E-state index < -0.39 is 11.6 Å².